The zero-order valence-corrected chi connectivity index (χ0v) is 10.1. The molecular weight excluding hydrogens is 190 g/mol. The molecule has 1 heterocycles. The molecule has 3 heteroatoms. The van der Waals surface area contributed by atoms with Gasteiger partial charge < -0.3 is 14.8 Å². The second-order valence-electron chi connectivity index (χ2n) is 4.20. The molecule has 0 aromatic carbocycles. The number of ether oxygens (including phenoxy) is 2. The fourth-order valence-corrected chi connectivity index (χ4v) is 2.21. The predicted molar refractivity (Wildman–Crippen MR) is 62.2 cm³/mol. The molecule has 90 valence electrons. The minimum atomic E-state index is 0.426. The van der Waals surface area contributed by atoms with Crippen molar-refractivity contribution in [2.75, 3.05) is 26.9 Å². The number of likely N-dealkylation sites (N-methyl/N-ethyl adjacent to an activating group) is 1. The molecule has 0 saturated carbocycles. The summed E-state index contributed by atoms with van der Waals surface area (Å²) in [4.78, 5) is 0. The number of hydrogen-bond donors (Lipinski definition) is 1. The van der Waals surface area contributed by atoms with Crippen LogP contribution in [0.2, 0.25) is 0 Å². The third-order valence-corrected chi connectivity index (χ3v) is 2.99. The van der Waals surface area contributed by atoms with Crippen LogP contribution in [-0.2, 0) is 9.47 Å². The van der Waals surface area contributed by atoms with Crippen LogP contribution in [0.4, 0.5) is 0 Å². The molecule has 0 amide bonds. The standard InChI is InChI=1S/C12H25NO2/c1-3-13-11(7-6-9-14-2)12-8-4-5-10-15-12/h11-13H,3-10H2,1-2H3. The number of nitrogens with one attached hydrogen (secondary N) is 1. The van der Waals surface area contributed by atoms with E-state index < -0.39 is 0 Å². The maximum Gasteiger partial charge on any atom is 0.0728 e. The van der Waals surface area contributed by atoms with Crippen LogP contribution in [0.25, 0.3) is 0 Å². The number of hydrogen-bond acceptors (Lipinski definition) is 3. The van der Waals surface area contributed by atoms with Gasteiger partial charge in [0, 0.05) is 26.4 Å². The van der Waals surface area contributed by atoms with E-state index in [0.717, 1.165) is 32.6 Å². The minimum Gasteiger partial charge on any atom is -0.385 e. The molecular formula is C12H25NO2. The van der Waals surface area contributed by atoms with E-state index in [2.05, 4.69) is 12.2 Å². The minimum absolute atomic E-state index is 0.426. The van der Waals surface area contributed by atoms with Gasteiger partial charge in [0.2, 0.25) is 0 Å². The molecule has 1 N–H and O–H groups in total. The van der Waals surface area contributed by atoms with E-state index in [-0.39, 0.29) is 0 Å². The highest BCUT2D eigenvalue weighted by atomic mass is 16.5. The highest BCUT2D eigenvalue weighted by Crippen LogP contribution is 2.18. The predicted octanol–water partition coefficient (Wildman–Crippen LogP) is 1.96. The van der Waals surface area contributed by atoms with Crippen LogP contribution < -0.4 is 5.32 Å². The number of rotatable bonds is 7. The molecule has 0 spiro atoms. The van der Waals surface area contributed by atoms with Gasteiger partial charge in [0.05, 0.1) is 6.10 Å². The largest absolute Gasteiger partial charge is 0.385 e. The van der Waals surface area contributed by atoms with E-state index in [0.29, 0.717) is 12.1 Å². The molecule has 0 aliphatic carbocycles. The molecule has 0 radical (unpaired) electrons. The second-order valence-corrected chi connectivity index (χ2v) is 4.20. The topological polar surface area (TPSA) is 30.5 Å². The summed E-state index contributed by atoms with van der Waals surface area (Å²) in [6, 6.07) is 0.519. The van der Waals surface area contributed by atoms with Crippen molar-refractivity contribution in [1.29, 1.82) is 0 Å². The van der Waals surface area contributed by atoms with Gasteiger partial charge in [-0.3, -0.25) is 0 Å². The van der Waals surface area contributed by atoms with Gasteiger partial charge in [-0.1, -0.05) is 6.92 Å². The van der Waals surface area contributed by atoms with E-state index in [4.69, 9.17) is 9.47 Å². The Morgan fingerprint density at radius 3 is 2.93 bits per heavy atom. The maximum atomic E-state index is 5.82. The molecule has 1 saturated heterocycles. The van der Waals surface area contributed by atoms with E-state index in [1.807, 2.05) is 0 Å². The quantitative estimate of drug-likeness (QED) is 0.659. The first-order valence-electron chi connectivity index (χ1n) is 6.22. The molecule has 1 fully saturated rings. The summed E-state index contributed by atoms with van der Waals surface area (Å²) in [5, 5.41) is 3.53. The van der Waals surface area contributed by atoms with Gasteiger partial charge in [-0.25, -0.2) is 0 Å². The van der Waals surface area contributed by atoms with Crippen LogP contribution in [-0.4, -0.2) is 39.0 Å². The first kappa shape index (κ1) is 12.9. The molecule has 1 aliphatic rings. The molecule has 0 aromatic rings. The van der Waals surface area contributed by atoms with E-state index >= 15 is 0 Å². The van der Waals surface area contributed by atoms with Crippen molar-refractivity contribution in [3.8, 4) is 0 Å². The average Bonchev–Trinajstić information content (AvgIpc) is 2.29. The summed E-state index contributed by atoms with van der Waals surface area (Å²) < 4.78 is 10.9. The summed E-state index contributed by atoms with van der Waals surface area (Å²) in [6.07, 6.45) is 6.46. The van der Waals surface area contributed by atoms with Crippen molar-refractivity contribution in [2.24, 2.45) is 0 Å². The Hall–Kier alpha value is -0.120. The molecule has 1 aliphatic heterocycles. The van der Waals surface area contributed by atoms with Crippen LogP contribution in [0.1, 0.15) is 39.0 Å². The Labute approximate surface area is 93.5 Å². The molecule has 2 atom stereocenters. The van der Waals surface area contributed by atoms with Gasteiger partial charge in [-0.15, -0.1) is 0 Å². The van der Waals surface area contributed by atoms with Crippen LogP contribution in [0.3, 0.4) is 0 Å². The Bertz CT molecular complexity index is 147. The fourth-order valence-electron chi connectivity index (χ4n) is 2.21. The summed E-state index contributed by atoms with van der Waals surface area (Å²) in [7, 11) is 1.76. The first-order chi connectivity index (χ1) is 7.38. The van der Waals surface area contributed by atoms with E-state index in [9.17, 15) is 0 Å². The Balaban J connectivity index is 2.26. The van der Waals surface area contributed by atoms with E-state index in [1.165, 1.54) is 19.3 Å². The SMILES string of the molecule is CCNC(CCCOC)C1CCCCO1. The smallest absolute Gasteiger partial charge is 0.0728 e. The lowest BCUT2D eigenvalue weighted by Crippen LogP contribution is -2.43. The third-order valence-electron chi connectivity index (χ3n) is 2.99. The Kier molecular flexibility index (Phi) is 6.98. The molecule has 2 unspecified atom stereocenters. The second kappa shape index (κ2) is 8.08. The summed E-state index contributed by atoms with van der Waals surface area (Å²) in [5.74, 6) is 0. The molecule has 1 rings (SSSR count). The van der Waals surface area contributed by atoms with Gasteiger partial charge in [-0.05, 0) is 38.6 Å². The lowest BCUT2D eigenvalue weighted by molar-refractivity contribution is -0.0104. The summed E-state index contributed by atoms with van der Waals surface area (Å²) in [5.41, 5.74) is 0. The lowest BCUT2D eigenvalue weighted by Gasteiger charge is -2.31. The molecule has 0 bridgehead atoms. The van der Waals surface area contributed by atoms with Crippen LogP contribution in [0.15, 0.2) is 0 Å². The van der Waals surface area contributed by atoms with Gasteiger partial charge in [-0.2, -0.15) is 0 Å². The van der Waals surface area contributed by atoms with Crippen molar-refractivity contribution in [1.82, 2.24) is 5.32 Å². The highest BCUT2D eigenvalue weighted by molar-refractivity contribution is 4.79. The van der Waals surface area contributed by atoms with Gasteiger partial charge >= 0.3 is 0 Å². The average molecular weight is 215 g/mol. The third kappa shape index (κ3) is 4.96. The number of methoxy groups -OCH3 is 1. The van der Waals surface area contributed by atoms with Crippen molar-refractivity contribution >= 4 is 0 Å². The zero-order valence-electron chi connectivity index (χ0n) is 10.1. The van der Waals surface area contributed by atoms with Crippen LogP contribution >= 0.6 is 0 Å². The van der Waals surface area contributed by atoms with Gasteiger partial charge in [0.1, 0.15) is 0 Å². The van der Waals surface area contributed by atoms with E-state index in [1.54, 1.807) is 7.11 Å². The first-order valence-corrected chi connectivity index (χ1v) is 6.22. The van der Waals surface area contributed by atoms with Gasteiger partial charge in [0.15, 0.2) is 0 Å². The fraction of sp³-hybridized carbons (Fsp3) is 1.00. The molecule has 15 heavy (non-hydrogen) atoms. The summed E-state index contributed by atoms with van der Waals surface area (Å²) in [6.45, 7) is 4.98. The lowest BCUT2D eigenvalue weighted by atomic mass is 9.98. The van der Waals surface area contributed by atoms with Crippen molar-refractivity contribution in [2.45, 2.75) is 51.2 Å². The van der Waals surface area contributed by atoms with Gasteiger partial charge in [0.25, 0.3) is 0 Å². The van der Waals surface area contributed by atoms with Crippen molar-refractivity contribution in [3.63, 3.8) is 0 Å². The van der Waals surface area contributed by atoms with Crippen molar-refractivity contribution in [3.05, 3.63) is 0 Å². The van der Waals surface area contributed by atoms with Crippen LogP contribution in [0, 0.1) is 0 Å². The summed E-state index contributed by atoms with van der Waals surface area (Å²) >= 11 is 0. The molecule has 0 aromatic heterocycles. The molecule has 3 nitrogen and oxygen atoms in total. The normalized spacial score (nSPS) is 24.0. The monoisotopic (exact) mass is 215 g/mol. The van der Waals surface area contributed by atoms with Crippen molar-refractivity contribution < 1.29 is 9.47 Å². The highest BCUT2D eigenvalue weighted by Gasteiger charge is 2.23. The zero-order chi connectivity index (χ0) is 10.9. The maximum absolute atomic E-state index is 5.82. The Morgan fingerprint density at radius 1 is 1.47 bits per heavy atom. The van der Waals surface area contributed by atoms with Crippen LogP contribution in [0.5, 0.6) is 0 Å². The Morgan fingerprint density at radius 2 is 2.33 bits per heavy atom.